The Morgan fingerprint density at radius 3 is 2.38 bits per heavy atom. The first-order chi connectivity index (χ1) is 12.5. The van der Waals surface area contributed by atoms with E-state index >= 15 is 0 Å². The predicted octanol–water partition coefficient (Wildman–Crippen LogP) is 1.22. The molecule has 2 unspecified atom stereocenters. The minimum atomic E-state index is -3.02. The van der Waals surface area contributed by atoms with Crippen molar-refractivity contribution in [2.75, 3.05) is 0 Å². The molecular weight excluding hydrogens is 349 g/mol. The number of nitrogens with zero attached hydrogens (tertiary/aromatic N) is 6. The van der Waals surface area contributed by atoms with Crippen LogP contribution in [0.4, 0.5) is 13.2 Å². The van der Waals surface area contributed by atoms with Crippen molar-refractivity contribution >= 4 is 0 Å². The maximum absolute atomic E-state index is 12.9. The van der Waals surface area contributed by atoms with Crippen LogP contribution < -0.4 is 0 Å². The number of aromatic nitrogens is 6. The van der Waals surface area contributed by atoms with Gasteiger partial charge in [-0.1, -0.05) is 5.92 Å². The second-order valence-corrected chi connectivity index (χ2v) is 5.14. The zero-order valence-electron chi connectivity index (χ0n) is 13.0. The molecule has 0 radical (unpaired) electrons. The minimum absolute atomic E-state index is 0.0532. The summed E-state index contributed by atoms with van der Waals surface area (Å²) in [5.74, 6) is 5.14. The Morgan fingerprint density at radius 2 is 1.81 bits per heavy atom. The Bertz CT molecular complexity index is 904. The lowest BCUT2D eigenvalue weighted by Gasteiger charge is -2.20. The van der Waals surface area contributed by atoms with Crippen molar-refractivity contribution in [3.05, 3.63) is 65.8 Å². The summed E-state index contributed by atoms with van der Waals surface area (Å²) in [6.07, 6.45) is -1.50. The van der Waals surface area contributed by atoms with Gasteiger partial charge in [0.05, 0.1) is 18.1 Å². The summed E-state index contributed by atoms with van der Waals surface area (Å²) in [4.78, 5) is 8.07. The first-order valence-corrected chi connectivity index (χ1v) is 7.33. The Morgan fingerprint density at radius 1 is 1.04 bits per heavy atom. The number of hydrogen-bond acceptors (Lipinski definition) is 6. The summed E-state index contributed by atoms with van der Waals surface area (Å²) in [5.41, 5.74) is 0.912. The van der Waals surface area contributed by atoms with Crippen molar-refractivity contribution in [1.29, 1.82) is 0 Å². The molecule has 0 aliphatic rings. The molecule has 7 nitrogen and oxygen atoms in total. The Balaban J connectivity index is 1.84. The lowest BCUT2D eigenvalue weighted by molar-refractivity contribution is -0.0293. The van der Waals surface area contributed by atoms with Crippen molar-refractivity contribution in [3.8, 4) is 11.8 Å². The van der Waals surface area contributed by atoms with Crippen molar-refractivity contribution in [1.82, 2.24) is 30.2 Å². The normalized spacial score (nSPS) is 13.1. The molecule has 26 heavy (non-hydrogen) atoms. The van der Waals surface area contributed by atoms with Gasteiger partial charge in [0.25, 0.3) is 6.43 Å². The topological polar surface area (TPSA) is 89.6 Å². The SMILES string of the molecule is OC(C(F)F)C(c1cnc(C#Cc2ccc(F)cc2)cn1)n1cnnn1. The number of aliphatic hydroxyl groups excluding tert-OH is 1. The number of halogens is 3. The second-order valence-electron chi connectivity index (χ2n) is 5.14. The van der Waals surface area contributed by atoms with Gasteiger partial charge >= 0.3 is 0 Å². The van der Waals surface area contributed by atoms with Gasteiger partial charge in [0, 0.05) is 5.56 Å². The molecule has 0 bridgehead atoms. The number of hydrogen-bond donors (Lipinski definition) is 1. The van der Waals surface area contributed by atoms with Gasteiger partial charge in [-0.15, -0.1) is 5.10 Å². The average molecular weight is 360 g/mol. The van der Waals surface area contributed by atoms with E-state index < -0.39 is 18.6 Å². The van der Waals surface area contributed by atoms with E-state index in [1.165, 1.54) is 36.7 Å². The van der Waals surface area contributed by atoms with Gasteiger partial charge in [-0.05, 0) is 40.6 Å². The Kier molecular flexibility index (Phi) is 5.19. The summed E-state index contributed by atoms with van der Waals surface area (Å²) in [6, 6.07) is 4.28. The van der Waals surface area contributed by atoms with E-state index in [9.17, 15) is 18.3 Å². The van der Waals surface area contributed by atoms with Gasteiger partial charge in [-0.2, -0.15) is 0 Å². The summed E-state index contributed by atoms with van der Waals surface area (Å²) < 4.78 is 39.7. The summed E-state index contributed by atoms with van der Waals surface area (Å²) >= 11 is 0. The summed E-state index contributed by atoms with van der Waals surface area (Å²) in [6.45, 7) is 0. The highest BCUT2D eigenvalue weighted by atomic mass is 19.3. The number of rotatable bonds is 4. The Labute approximate surface area is 145 Å². The molecule has 0 saturated heterocycles. The molecule has 2 aromatic heterocycles. The van der Waals surface area contributed by atoms with E-state index in [4.69, 9.17) is 0 Å². The van der Waals surface area contributed by atoms with Crippen LogP contribution in [0.5, 0.6) is 0 Å². The summed E-state index contributed by atoms with van der Waals surface area (Å²) in [5, 5.41) is 20.1. The molecule has 3 rings (SSSR count). The largest absolute Gasteiger partial charge is 0.384 e. The molecule has 1 N–H and O–H groups in total. The van der Waals surface area contributed by atoms with Crippen molar-refractivity contribution in [3.63, 3.8) is 0 Å². The Hall–Kier alpha value is -3.32. The fraction of sp³-hybridized carbons (Fsp3) is 0.188. The molecule has 0 spiro atoms. The smallest absolute Gasteiger partial charge is 0.266 e. The van der Waals surface area contributed by atoms with Crippen LogP contribution in [0.1, 0.15) is 23.0 Å². The van der Waals surface area contributed by atoms with E-state index in [1.807, 2.05) is 0 Å². The maximum atomic E-state index is 12.9. The number of tetrazole rings is 1. The predicted molar refractivity (Wildman–Crippen MR) is 82.4 cm³/mol. The van der Waals surface area contributed by atoms with E-state index in [0.717, 1.165) is 11.0 Å². The zero-order valence-corrected chi connectivity index (χ0v) is 13.0. The lowest BCUT2D eigenvalue weighted by atomic mass is 10.1. The molecular formula is C16H11F3N6O. The monoisotopic (exact) mass is 360 g/mol. The van der Waals surface area contributed by atoms with Crippen molar-refractivity contribution in [2.24, 2.45) is 0 Å². The average Bonchev–Trinajstić information content (AvgIpc) is 3.16. The number of alkyl halides is 2. The molecule has 10 heteroatoms. The van der Waals surface area contributed by atoms with Gasteiger partial charge in [-0.3, -0.25) is 4.98 Å². The first-order valence-electron chi connectivity index (χ1n) is 7.33. The van der Waals surface area contributed by atoms with E-state index in [-0.39, 0.29) is 17.2 Å². The van der Waals surface area contributed by atoms with Gasteiger partial charge in [0.1, 0.15) is 30.0 Å². The first kappa shape index (κ1) is 17.5. The highest BCUT2D eigenvalue weighted by Crippen LogP contribution is 2.22. The zero-order chi connectivity index (χ0) is 18.5. The van der Waals surface area contributed by atoms with Crippen LogP contribution >= 0.6 is 0 Å². The maximum Gasteiger partial charge on any atom is 0.266 e. The van der Waals surface area contributed by atoms with Crippen LogP contribution in [0.25, 0.3) is 0 Å². The molecule has 0 amide bonds. The van der Waals surface area contributed by atoms with E-state index in [2.05, 4.69) is 37.3 Å². The highest BCUT2D eigenvalue weighted by Gasteiger charge is 2.32. The van der Waals surface area contributed by atoms with Crippen molar-refractivity contribution in [2.45, 2.75) is 18.6 Å². The molecule has 132 valence electrons. The quantitative estimate of drug-likeness (QED) is 0.704. The minimum Gasteiger partial charge on any atom is -0.384 e. The molecule has 0 saturated carbocycles. The van der Waals surface area contributed by atoms with Crippen LogP contribution in [0, 0.1) is 17.7 Å². The van der Waals surface area contributed by atoms with Crippen LogP contribution in [-0.4, -0.2) is 47.8 Å². The van der Waals surface area contributed by atoms with Gasteiger partial charge in [0.15, 0.2) is 0 Å². The van der Waals surface area contributed by atoms with Gasteiger partial charge < -0.3 is 5.11 Å². The highest BCUT2D eigenvalue weighted by molar-refractivity contribution is 5.39. The molecule has 0 aliphatic carbocycles. The molecule has 1 aromatic carbocycles. The third-order valence-corrected chi connectivity index (χ3v) is 3.39. The lowest BCUT2D eigenvalue weighted by Crippen LogP contribution is -2.32. The molecule has 0 fully saturated rings. The second kappa shape index (κ2) is 7.71. The van der Waals surface area contributed by atoms with E-state index in [0.29, 0.717) is 5.56 Å². The number of benzene rings is 1. The number of aliphatic hydroxyl groups is 1. The van der Waals surface area contributed by atoms with Crippen molar-refractivity contribution < 1.29 is 18.3 Å². The fourth-order valence-corrected chi connectivity index (χ4v) is 2.13. The third-order valence-electron chi connectivity index (χ3n) is 3.39. The van der Waals surface area contributed by atoms with Crippen LogP contribution in [-0.2, 0) is 0 Å². The van der Waals surface area contributed by atoms with E-state index in [1.54, 1.807) is 0 Å². The standard InChI is InChI=1S/C16H11F3N6O/c17-11-4-1-10(2-5-11)3-6-12-7-21-13(8-20-12)14(15(26)16(18)19)25-9-22-23-24-25/h1-2,4-5,7-9,14-16,26H. The molecule has 2 heterocycles. The van der Waals surface area contributed by atoms with Crippen LogP contribution in [0.2, 0.25) is 0 Å². The third kappa shape index (κ3) is 4.01. The molecule has 2 atom stereocenters. The molecule has 3 aromatic rings. The van der Waals surface area contributed by atoms with Gasteiger partial charge in [-0.25, -0.2) is 22.8 Å². The summed E-state index contributed by atoms with van der Waals surface area (Å²) in [7, 11) is 0. The van der Waals surface area contributed by atoms with Crippen LogP contribution in [0.3, 0.4) is 0 Å². The van der Waals surface area contributed by atoms with Crippen LogP contribution in [0.15, 0.2) is 43.0 Å². The van der Waals surface area contributed by atoms with Gasteiger partial charge in [0.2, 0.25) is 0 Å². The fourth-order valence-electron chi connectivity index (χ4n) is 2.13. The molecule has 0 aliphatic heterocycles.